The van der Waals surface area contributed by atoms with Crippen molar-refractivity contribution in [3.8, 4) is 0 Å². The van der Waals surface area contributed by atoms with Crippen molar-refractivity contribution in [1.82, 2.24) is 9.71 Å². The fraction of sp³-hybridized carbons (Fsp3) is 0.643. The monoisotopic (exact) mass is 316 g/mol. The zero-order valence-corrected chi connectivity index (χ0v) is 13.3. The zero-order chi connectivity index (χ0) is 14.6. The lowest BCUT2D eigenvalue weighted by molar-refractivity contribution is 0.271. The van der Waals surface area contributed by atoms with Gasteiger partial charge in [0.05, 0.1) is 4.90 Å². The van der Waals surface area contributed by atoms with E-state index in [0.717, 1.165) is 12.3 Å². The van der Waals surface area contributed by atoms with Crippen molar-refractivity contribution >= 4 is 21.6 Å². The van der Waals surface area contributed by atoms with Crippen LogP contribution in [0.1, 0.15) is 39.0 Å². The van der Waals surface area contributed by atoms with Crippen molar-refractivity contribution in [1.29, 1.82) is 0 Å². The molecule has 2 atom stereocenters. The predicted molar refractivity (Wildman–Crippen MR) is 80.2 cm³/mol. The molecule has 1 aliphatic carbocycles. The molecule has 0 bridgehead atoms. The van der Waals surface area contributed by atoms with Gasteiger partial charge in [-0.3, -0.25) is 0 Å². The van der Waals surface area contributed by atoms with Gasteiger partial charge in [0.2, 0.25) is 10.0 Å². The summed E-state index contributed by atoms with van der Waals surface area (Å²) in [7, 11) is -3.47. The van der Waals surface area contributed by atoms with Crippen LogP contribution >= 0.6 is 11.6 Å². The molecule has 1 aromatic rings. The summed E-state index contributed by atoms with van der Waals surface area (Å²) < 4.78 is 26.8. The molecule has 1 aromatic heterocycles. The third-order valence-corrected chi connectivity index (χ3v) is 5.56. The Morgan fingerprint density at radius 1 is 1.45 bits per heavy atom. The lowest BCUT2D eigenvalue weighted by Crippen LogP contribution is -2.27. The van der Waals surface area contributed by atoms with Crippen molar-refractivity contribution in [2.24, 2.45) is 11.8 Å². The third kappa shape index (κ3) is 4.43. The lowest BCUT2D eigenvalue weighted by atomic mass is 9.81. The van der Waals surface area contributed by atoms with E-state index in [9.17, 15) is 8.42 Å². The second-order valence-electron chi connectivity index (χ2n) is 5.64. The average molecular weight is 317 g/mol. The first-order valence-electron chi connectivity index (χ1n) is 7.08. The highest BCUT2D eigenvalue weighted by atomic mass is 35.5. The van der Waals surface area contributed by atoms with Gasteiger partial charge in [0.15, 0.2) is 0 Å². The maximum absolute atomic E-state index is 12.1. The molecule has 4 nitrogen and oxygen atoms in total. The summed E-state index contributed by atoms with van der Waals surface area (Å²) in [6, 6.07) is 2.82. The Kier molecular flexibility index (Phi) is 5.41. The highest BCUT2D eigenvalue weighted by Gasteiger charge is 2.20. The maximum Gasteiger partial charge on any atom is 0.240 e. The molecule has 1 saturated carbocycles. The number of hydrogen-bond donors (Lipinski definition) is 1. The molecular formula is C14H21ClN2O2S. The number of rotatable bonds is 5. The fourth-order valence-corrected chi connectivity index (χ4v) is 4.15. The van der Waals surface area contributed by atoms with Crippen LogP contribution in [-0.2, 0) is 10.0 Å². The summed E-state index contributed by atoms with van der Waals surface area (Å²) in [5.41, 5.74) is 0. The highest BCUT2D eigenvalue weighted by Crippen LogP contribution is 2.30. The van der Waals surface area contributed by atoms with Crippen LogP contribution in [0.15, 0.2) is 23.2 Å². The van der Waals surface area contributed by atoms with E-state index in [0.29, 0.717) is 12.5 Å². The van der Waals surface area contributed by atoms with Gasteiger partial charge in [-0.15, -0.1) is 0 Å². The van der Waals surface area contributed by atoms with Crippen LogP contribution in [0.2, 0.25) is 5.15 Å². The van der Waals surface area contributed by atoms with Crippen LogP contribution in [0.25, 0.3) is 0 Å². The van der Waals surface area contributed by atoms with Crippen LogP contribution in [-0.4, -0.2) is 19.9 Å². The van der Waals surface area contributed by atoms with Crippen LogP contribution in [0.3, 0.4) is 0 Å². The van der Waals surface area contributed by atoms with Gasteiger partial charge in [-0.2, -0.15) is 0 Å². The van der Waals surface area contributed by atoms with E-state index in [2.05, 4.69) is 16.6 Å². The molecule has 0 saturated heterocycles. The standard InChI is InChI=1S/C14H21ClN2O2S/c1-11-3-2-4-12(9-11)5-8-17-20(18,19)13-6-7-16-14(15)10-13/h6-7,10-12,17H,2-5,8-9H2,1H3. The first kappa shape index (κ1) is 15.7. The van der Waals surface area contributed by atoms with E-state index in [1.165, 1.54) is 44.0 Å². The smallest absolute Gasteiger partial charge is 0.240 e. The van der Waals surface area contributed by atoms with E-state index in [1.807, 2.05) is 0 Å². The Morgan fingerprint density at radius 2 is 2.25 bits per heavy atom. The molecule has 0 amide bonds. The Labute approximate surface area is 126 Å². The average Bonchev–Trinajstić information content (AvgIpc) is 2.38. The van der Waals surface area contributed by atoms with Gasteiger partial charge in [0.1, 0.15) is 5.15 Å². The molecule has 112 valence electrons. The number of nitrogens with one attached hydrogen (secondary N) is 1. The first-order valence-corrected chi connectivity index (χ1v) is 8.95. The van der Waals surface area contributed by atoms with Crippen molar-refractivity contribution in [3.63, 3.8) is 0 Å². The fourth-order valence-electron chi connectivity index (χ4n) is 2.85. The predicted octanol–water partition coefficient (Wildman–Crippen LogP) is 3.23. The number of halogens is 1. The van der Waals surface area contributed by atoms with E-state index in [1.54, 1.807) is 0 Å². The first-order chi connectivity index (χ1) is 9.47. The Bertz CT molecular complexity index is 548. The SMILES string of the molecule is CC1CCCC(CCNS(=O)(=O)c2ccnc(Cl)c2)C1. The number of hydrogen-bond acceptors (Lipinski definition) is 3. The van der Waals surface area contributed by atoms with Crippen LogP contribution in [0, 0.1) is 11.8 Å². The molecular weight excluding hydrogens is 296 g/mol. The number of pyridine rings is 1. The third-order valence-electron chi connectivity index (χ3n) is 3.90. The molecule has 20 heavy (non-hydrogen) atoms. The molecule has 2 rings (SSSR count). The summed E-state index contributed by atoms with van der Waals surface area (Å²) in [5.74, 6) is 1.41. The van der Waals surface area contributed by atoms with Gasteiger partial charge in [-0.25, -0.2) is 18.1 Å². The largest absolute Gasteiger partial charge is 0.244 e. The van der Waals surface area contributed by atoms with Gasteiger partial charge in [-0.1, -0.05) is 37.8 Å². The molecule has 1 heterocycles. The molecule has 0 radical (unpaired) electrons. The number of aromatic nitrogens is 1. The van der Waals surface area contributed by atoms with Crippen LogP contribution in [0.5, 0.6) is 0 Å². The number of nitrogens with zero attached hydrogens (tertiary/aromatic N) is 1. The van der Waals surface area contributed by atoms with Crippen molar-refractivity contribution in [2.45, 2.75) is 43.9 Å². The normalized spacial score (nSPS) is 23.7. The summed E-state index contributed by atoms with van der Waals surface area (Å²) in [6.45, 7) is 2.76. The Balaban J connectivity index is 1.86. The van der Waals surface area contributed by atoms with E-state index in [-0.39, 0.29) is 10.0 Å². The summed E-state index contributed by atoms with van der Waals surface area (Å²) in [4.78, 5) is 3.96. The second-order valence-corrected chi connectivity index (χ2v) is 7.79. The molecule has 2 unspecified atom stereocenters. The molecule has 0 aromatic carbocycles. The second kappa shape index (κ2) is 6.87. The molecule has 1 aliphatic rings. The molecule has 0 spiro atoms. The molecule has 1 fully saturated rings. The lowest BCUT2D eigenvalue weighted by Gasteiger charge is -2.26. The molecule has 6 heteroatoms. The topological polar surface area (TPSA) is 59.1 Å². The minimum absolute atomic E-state index is 0.175. The highest BCUT2D eigenvalue weighted by molar-refractivity contribution is 7.89. The summed E-state index contributed by atoms with van der Waals surface area (Å²) >= 11 is 5.72. The van der Waals surface area contributed by atoms with Gasteiger partial charge >= 0.3 is 0 Å². The van der Waals surface area contributed by atoms with Crippen molar-refractivity contribution in [3.05, 3.63) is 23.5 Å². The quantitative estimate of drug-likeness (QED) is 0.848. The molecule has 0 aliphatic heterocycles. The Morgan fingerprint density at radius 3 is 2.95 bits per heavy atom. The van der Waals surface area contributed by atoms with Crippen molar-refractivity contribution < 1.29 is 8.42 Å². The summed E-state index contributed by atoms with van der Waals surface area (Å²) in [5, 5.41) is 0.189. The van der Waals surface area contributed by atoms with E-state index >= 15 is 0 Å². The van der Waals surface area contributed by atoms with Gasteiger partial charge < -0.3 is 0 Å². The van der Waals surface area contributed by atoms with Crippen LogP contribution in [0.4, 0.5) is 0 Å². The van der Waals surface area contributed by atoms with Gasteiger partial charge in [0.25, 0.3) is 0 Å². The molecule has 1 N–H and O–H groups in total. The van der Waals surface area contributed by atoms with Gasteiger partial charge in [0, 0.05) is 12.7 Å². The van der Waals surface area contributed by atoms with Crippen LogP contribution < -0.4 is 4.72 Å². The van der Waals surface area contributed by atoms with Crippen molar-refractivity contribution in [2.75, 3.05) is 6.54 Å². The minimum Gasteiger partial charge on any atom is -0.244 e. The van der Waals surface area contributed by atoms with E-state index in [4.69, 9.17) is 11.6 Å². The zero-order valence-electron chi connectivity index (χ0n) is 11.7. The Hall–Kier alpha value is -0.650. The maximum atomic E-state index is 12.1. The minimum atomic E-state index is -3.47. The number of sulfonamides is 1. The van der Waals surface area contributed by atoms with Gasteiger partial charge in [-0.05, 0) is 36.8 Å². The van der Waals surface area contributed by atoms with E-state index < -0.39 is 10.0 Å². The summed E-state index contributed by atoms with van der Waals surface area (Å²) in [6.07, 6.45) is 7.30.